The summed E-state index contributed by atoms with van der Waals surface area (Å²) in [5.74, 6) is 0.290. The van der Waals surface area contributed by atoms with E-state index in [1.165, 1.54) is 5.56 Å². The summed E-state index contributed by atoms with van der Waals surface area (Å²) in [6.07, 6.45) is 6.09. The van der Waals surface area contributed by atoms with Crippen molar-refractivity contribution in [2.75, 3.05) is 0 Å². The van der Waals surface area contributed by atoms with E-state index in [9.17, 15) is 4.79 Å². The molecule has 2 nitrogen and oxygen atoms in total. The molecule has 82 valence electrons. The molecular weight excluding hydrogens is 186 g/mol. The molecule has 0 saturated heterocycles. The maximum absolute atomic E-state index is 11.4. The quantitative estimate of drug-likeness (QED) is 0.714. The van der Waals surface area contributed by atoms with Gasteiger partial charge in [0.15, 0.2) is 0 Å². The van der Waals surface area contributed by atoms with E-state index < -0.39 is 0 Å². The fraction of sp³-hybridized carbons (Fsp3) is 0.538. The molecule has 0 N–H and O–H groups in total. The zero-order valence-corrected chi connectivity index (χ0v) is 9.62. The molecule has 0 aromatic carbocycles. The average Bonchev–Trinajstić information content (AvgIpc) is 2.19. The lowest BCUT2D eigenvalue weighted by molar-refractivity contribution is -0.118. The molecule has 1 aromatic heterocycles. The first kappa shape index (κ1) is 11.9. The predicted molar refractivity (Wildman–Crippen MR) is 61.9 cm³/mol. The highest BCUT2D eigenvalue weighted by Crippen LogP contribution is 2.06. The highest BCUT2D eigenvalue weighted by molar-refractivity contribution is 5.80. The number of aryl methyl sites for hydroxylation is 1. The second-order valence-electron chi connectivity index (χ2n) is 3.87. The van der Waals surface area contributed by atoms with Crippen molar-refractivity contribution in [3.05, 3.63) is 29.6 Å². The third-order valence-corrected chi connectivity index (χ3v) is 2.33. The van der Waals surface area contributed by atoms with E-state index >= 15 is 0 Å². The molecule has 0 bridgehead atoms. The fourth-order valence-electron chi connectivity index (χ4n) is 1.64. The van der Waals surface area contributed by atoms with Crippen molar-refractivity contribution in [2.45, 2.75) is 46.0 Å². The summed E-state index contributed by atoms with van der Waals surface area (Å²) in [5.41, 5.74) is 2.20. The lowest BCUT2D eigenvalue weighted by Crippen LogP contribution is -2.04. The number of carbonyl (C=O) groups excluding carboxylic acids is 1. The summed E-state index contributed by atoms with van der Waals surface area (Å²) in [5, 5.41) is 0. The van der Waals surface area contributed by atoms with Gasteiger partial charge in [-0.25, -0.2) is 0 Å². The van der Waals surface area contributed by atoms with Gasteiger partial charge in [0, 0.05) is 24.7 Å². The number of hydrogen-bond donors (Lipinski definition) is 0. The van der Waals surface area contributed by atoms with E-state index in [-0.39, 0.29) is 0 Å². The van der Waals surface area contributed by atoms with Gasteiger partial charge in [-0.05, 0) is 30.5 Å². The van der Waals surface area contributed by atoms with Gasteiger partial charge in [-0.15, -0.1) is 0 Å². The number of rotatable bonds is 6. The fourth-order valence-corrected chi connectivity index (χ4v) is 1.64. The first-order chi connectivity index (χ1) is 7.26. The number of aromatic nitrogens is 1. The lowest BCUT2D eigenvalue weighted by atomic mass is 10.1. The number of ketones is 1. The molecule has 0 amide bonds. The topological polar surface area (TPSA) is 30.0 Å². The van der Waals surface area contributed by atoms with Gasteiger partial charge < -0.3 is 0 Å². The molecule has 2 heteroatoms. The lowest BCUT2D eigenvalue weighted by Gasteiger charge is -2.02. The molecule has 1 rings (SSSR count). The normalized spacial score (nSPS) is 10.3. The van der Waals surface area contributed by atoms with E-state index in [0.29, 0.717) is 18.6 Å². The molecule has 0 saturated carbocycles. The molecule has 1 aromatic rings. The Morgan fingerprint density at radius 2 is 2.13 bits per heavy atom. The molecule has 0 aliphatic rings. The monoisotopic (exact) mass is 205 g/mol. The Balaban J connectivity index is 2.60. The third-order valence-electron chi connectivity index (χ3n) is 2.33. The summed E-state index contributed by atoms with van der Waals surface area (Å²) >= 11 is 0. The van der Waals surface area contributed by atoms with Gasteiger partial charge >= 0.3 is 0 Å². The highest BCUT2D eigenvalue weighted by atomic mass is 16.1. The van der Waals surface area contributed by atoms with Crippen LogP contribution in [0.5, 0.6) is 0 Å². The van der Waals surface area contributed by atoms with E-state index in [0.717, 1.165) is 25.0 Å². The number of pyridine rings is 1. The third kappa shape index (κ3) is 4.24. The summed E-state index contributed by atoms with van der Waals surface area (Å²) in [6, 6.07) is 4.08. The van der Waals surface area contributed by atoms with Crippen LogP contribution in [0.3, 0.4) is 0 Å². The molecule has 0 aliphatic carbocycles. The van der Waals surface area contributed by atoms with Gasteiger partial charge in [-0.2, -0.15) is 0 Å². The predicted octanol–water partition coefficient (Wildman–Crippen LogP) is 2.95. The van der Waals surface area contributed by atoms with Gasteiger partial charge in [-0.1, -0.05) is 20.3 Å². The number of Topliss-reactive ketones (excluding diaryl/α,β-unsaturated/α-hetero) is 1. The minimum absolute atomic E-state index is 0.290. The molecule has 1 heterocycles. The average molecular weight is 205 g/mol. The number of nitrogens with zero attached hydrogens (tertiary/aromatic N) is 1. The summed E-state index contributed by atoms with van der Waals surface area (Å²) in [4.78, 5) is 15.7. The smallest absolute Gasteiger partial charge is 0.138 e. The second kappa shape index (κ2) is 6.33. The van der Waals surface area contributed by atoms with E-state index in [1.54, 1.807) is 6.20 Å². The van der Waals surface area contributed by atoms with Crippen LogP contribution in [-0.2, 0) is 17.6 Å². The van der Waals surface area contributed by atoms with Crippen LogP contribution in [0.2, 0.25) is 0 Å². The van der Waals surface area contributed by atoms with E-state index in [4.69, 9.17) is 0 Å². The minimum atomic E-state index is 0.290. The van der Waals surface area contributed by atoms with Crippen LogP contribution in [0.4, 0.5) is 0 Å². The van der Waals surface area contributed by atoms with E-state index in [1.807, 2.05) is 13.0 Å². The first-order valence-electron chi connectivity index (χ1n) is 5.71. The summed E-state index contributed by atoms with van der Waals surface area (Å²) in [6.45, 7) is 4.18. The van der Waals surface area contributed by atoms with Gasteiger partial charge in [-0.3, -0.25) is 9.78 Å². The van der Waals surface area contributed by atoms with Crippen LogP contribution < -0.4 is 0 Å². The maximum atomic E-state index is 11.4. The Morgan fingerprint density at radius 1 is 1.33 bits per heavy atom. The Labute approximate surface area is 91.7 Å². The maximum Gasteiger partial charge on any atom is 0.138 e. The van der Waals surface area contributed by atoms with Crippen LogP contribution in [0, 0.1) is 0 Å². The Kier molecular flexibility index (Phi) is 5.02. The molecule has 0 radical (unpaired) electrons. The molecule has 0 fully saturated rings. The SMILES string of the molecule is CCCC(=O)Cc1cc(CCC)ccn1. The van der Waals surface area contributed by atoms with Crippen molar-refractivity contribution in [2.24, 2.45) is 0 Å². The highest BCUT2D eigenvalue weighted by Gasteiger charge is 2.04. The van der Waals surface area contributed by atoms with Crippen LogP contribution in [0.15, 0.2) is 18.3 Å². The standard InChI is InChI=1S/C13H19NO/c1-3-5-11-7-8-14-12(9-11)10-13(15)6-4-2/h7-9H,3-6,10H2,1-2H3. The van der Waals surface area contributed by atoms with Gasteiger partial charge in [0.1, 0.15) is 5.78 Å². The zero-order chi connectivity index (χ0) is 11.1. The minimum Gasteiger partial charge on any atom is -0.299 e. The summed E-state index contributed by atoms with van der Waals surface area (Å²) < 4.78 is 0. The number of carbonyl (C=O) groups is 1. The molecule has 0 unspecified atom stereocenters. The van der Waals surface area contributed by atoms with Crippen molar-refractivity contribution in [3.8, 4) is 0 Å². The molecule has 0 aliphatic heterocycles. The molecule has 0 atom stereocenters. The Bertz CT molecular complexity index is 320. The van der Waals surface area contributed by atoms with Crippen LogP contribution in [-0.4, -0.2) is 10.8 Å². The van der Waals surface area contributed by atoms with Gasteiger partial charge in [0.2, 0.25) is 0 Å². The molecule has 0 spiro atoms. The van der Waals surface area contributed by atoms with Crippen molar-refractivity contribution in [3.63, 3.8) is 0 Å². The first-order valence-corrected chi connectivity index (χ1v) is 5.71. The van der Waals surface area contributed by atoms with Crippen molar-refractivity contribution in [1.82, 2.24) is 4.98 Å². The largest absolute Gasteiger partial charge is 0.299 e. The summed E-state index contributed by atoms with van der Waals surface area (Å²) in [7, 11) is 0. The van der Waals surface area contributed by atoms with Crippen molar-refractivity contribution >= 4 is 5.78 Å². The Hall–Kier alpha value is -1.18. The van der Waals surface area contributed by atoms with Crippen LogP contribution in [0.25, 0.3) is 0 Å². The second-order valence-corrected chi connectivity index (χ2v) is 3.87. The van der Waals surface area contributed by atoms with Gasteiger partial charge in [0.25, 0.3) is 0 Å². The molecular formula is C13H19NO. The molecule has 15 heavy (non-hydrogen) atoms. The van der Waals surface area contributed by atoms with E-state index in [2.05, 4.69) is 18.0 Å². The van der Waals surface area contributed by atoms with Crippen molar-refractivity contribution in [1.29, 1.82) is 0 Å². The van der Waals surface area contributed by atoms with Gasteiger partial charge in [0.05, 0.1) is 0 Å². The van der Waals surface area contributed by atoms with Crippen LogP contribution in [0.1, 0.15) is 44.4 Å². The van der Waals surface area contributed by atoms with Crippen molar-refractivity contribution < 1.29 is 4.79 Å². The zero-order valence-electron chi connectivity index (χ0n) is 9.62. The Morgan fingerprint density at radius 3 is 2.80 bits per heavy atom. The number of hydrogen-bond acceptors (Lipinski definition) is 2. The van der Waals surface area contributed by atoms with Crippen LogP contribution >= 0.6 is 0 Å².